The van der Waals surface area contributed by atoms with Gasteiger partial charge in [0.2, 0.25) is 11.8 Å². The quantitative estimate of drug-likeness (QED) is 0.393. The second-order valence-electron chi connectivity index (χ2n) is 5.68. The minimum absolute atomic E-state index is 0.00674. The van der Waals surface area contributed by atoms with Crippen LogP contribution in [0.3, 0.4) is 0 Å². The maximum absolute atomic E-state index is 11.8. The van der Waals surface area contributed by atoms with Crippen molar-refractivity contribution < 1.29 is 19.1 Å². The monoisotopic (exact) mass is 434 g/mol. The Morgan fingerprint density at radius 1 is 0.862 bits per heavy atom. The molecule has 0 unspecified atom stereocenters. The fourth-order valence-corrected chi connectivity index (χ4v) is 2.42. The molecule has 3 amide bonds. The van der Waals surface area contributed by atoms with Gasteiger partial charge in [-0.15, -0.1) is 0 Å². The molecular weight excluding hydrogens is 416 g/mol. The third kappa shape index (κ3) is 8.58. The van der Waals surface area contributed by atoms with Crippen LogP contribution in [0.25, 0.3) is 0 Å². The number of nitrogens with one attached hydrogen (secondary N) is 4. The van der Waals surface area contributed by atoms with E-state index in [0.717, 1.165) is 0 Å². The Kier molecular flexibility index (Phi) is 8.87. The predicted octanol–water partition coefficient (Wildman–Crippen LogP) is 2.16. The number of para-hydroxylation sites is 2. The van der Waals surface area contributed by atoms with E-state index in [-0.39, 0.29) is 30.5 Å². The Morgan fingerprint density at radius 3 is 2.24 bits per heavy atom. The molecule has 0 saturated heterocycles. The van der Waals surface area contributed by atoms with Gasteiger partial charge in [-0.2, -0.15) is 0 Å². The smallest absolute Gasteiger partial charge is 0.264 e. The van der Waals surface area contributed by atoms with Crippen LogP contribution >= 0.6 is 23.8 Å². The summed E-state index contributed by atoms with van der Waals surface area (Å²) in [6.07, 6.45) is -0.0644. The Balaban J connectivity index is 1.61. The molecule has 4 N–H and O–H groups in total. The van der Waals surface area contributed by atoms with Crippen LogP contribution in [0.5, 0.6) is 5.75 Å². The zero-order valence-electron chi connectivity index (χ0n) is 15.2. The van der Waals surface area contributed by atoms with Crippen LogP contribution < -0.4 is 26.2 Å². The van der Waals surface area contributed by atoms with Crippen molar-refractivity contribution >= 4 is 52.3 Å². The Hall–Kier alpha value is -3.17. The molecule has 0 fully saturated rings. The Bertz CT molecular complexity index is 880. The van der Waals surface area contributed by atoms with E-state index in [0.29, 0.717) is 16.5 Å². The number of ether oxygens (including phenoxy) is 1. The summed E-state index contributed by atoms with van der Waals surface area (Å²) in [4.78, 5) is 35.4. The number of hydrogen-bond acceptors (Lipinski definition) is 5. The van der Waals surface area contributed by atoms with Crippen LogP contribution in [-0.4, -0.2) is 29.4 Å². The molecule has 2 rings (SSSR count). The molecule has 8 nitrogen and oxygen atoms in total. The van der Waals surface area contributed by atoms with Crippen LogP contribution in [0.1, 0.15) is 12.8 Å². The van der Waals surface area contributed by atoms with Crippen LogP contribution in [0.4, 0.5) is 5.69 Å². The van der Waals surface area contributed by atoms with Gasteiger partial charge in [0.1, 0.15) is 5.75 Å². The third-order valence-electron chi connectivity index (χ3n) is 3.40. The molecule has 0 radical (unpaired) electrons. The van der Waals surface area contributed by atoms with E-state index in [2.05, 4.69) is 21.5 Å². The fourth-order valence-electron chi connectivity index (χ4n) is 2.06. The fraction of sp³-hybridized carbons (Fsp3) is 0.158. The first-order valence-corrected chi connectivity index (χ1v) is 9.33. The molecule has 0 heterocycles. The third-order valence-corrected chi connectivity index (χ3v) is 3.92. The maximum atomic E-state index is 11.8. The Morgan fingerprint density at radius 2 is 1.52 bits per heavy atom. The van der Waals surface area contributed by atoms with Gasteiger partial charge in [0.05, 0.1) is 5.02 Å². The highest BCUT2D eigenvalue weighted by molar-refractivity contribution is 7.80. The number of benzene rings is 2. The van der Waals surface area contributed by atoms with Gasteiger partial charge >= 0.3 is 0 Å². The predicted molar refractivity (Wildman–Crippen MR) is 113 cm³/mol. The Labute approximate surface area is 177 Å². The summed E-state index contributed by atoms with van der Waals surface area (Å²) in [6.45, 7) is -0.306. The minimum atomic E-state index is -0.529. The molecule has 29 heavy (non-hydrogen) atoms. The molecule has 2 aromatic carbocycles. The van der Waals surface area contributed by atoms with E-state index in [9.17, 15) is 14.4 Å². The average Bonchev–Trinajstić information content (AvgIpc) is 2.71. The van der Waals surface area contributed by atoms with E-state index >= 15 is 0 Å². The number of rotatable bonds is 7. The molecule has 0 spiro atoms. The van der Waals surface area contributed by atoms with E-state index in [1.165, 1.54) is 0 Å². The molecule has 0 aliphatic rings. The van der Waals surface area contributed by atoms with Gasteiger partial charge < -0.3 is 10.1 Å². The molecule has 152 valence electrons. The van der Waals surface area contributed by atoms with Crippen molar-refractivity contribution in [1.29, 1.82) is 0 Å². The molecule has 10 heteroatoms. The van der Waals surface area contributed by atoms with Gasteiger partial charge in [-0.05, 0) is 36.5 Å². The number of thiocarbonyl (C=S) groups is 1. The summed E-state index contributed by atoms with van der Waals surface area (Å²) in [7, 11) is 0. The number of hydrogen-bond donors (Lipinski definition) is 4. The highest BCUT2D eigenvalue weighted by atomic mass is 35.5. The van der Waals surface area contributed by atoms with Crippen LogP contribution in [0.2, 0.25) is 5.02 Å². The van der Waals surface area contributed by atoms with Crippen molar-refractivity contribution in [1.82, 2.24) is 16.2 Å². The normalized spacial score (nSPS) is 9.83. The summed E-state index contributed by atoms with van der Waals surface area (Å²) in [5.74, 6) is -0.916. The number of carbonyl (C=O) groups excluding carboxylic acids is 3. The van der Waals surface area contributed by atoms with Crippen molar-refractivity contribution in [3.8, 4) is 5.75 Å². The lowest BCUT2D eigenvalue weighted by Crippen LogP contribution is -2.49. The summed E-state index contributed by atoms with van der Waals surface area (Å²) in [6, 6.07) is 15.6. The van der Waals surface area contributed by atoms with Gasteiger partial charge in [0.25, 0.3) is 5.91 Å². The summed E-state index contributed by atoms with van der Waals surface area (Å²) in [5, 5.41) is 5.28. The van der Waals surface area contributed by atoms with Gasteiger partial charge in [0, 0.05) is 18.5 Å². The minimum Gasteiger partial charge on any atom is -0.482 e. The molecule has 0 aliphatic heterocycles. The molecule has 0 saturated carbocycles. The highest BCUT2D eigenvalue weighted by Gasteiger charge is 2.10. The lowest BCUT2D eigenvalue weighted by atomic mass is 10.2. The van der Waals surface area contributed by atoms with E-state index in [1.54, 1.807) is 48.5 Å². The van der Waals surface area contributed by atoms with Crippen molar-refractivity contribution in [2.75, 3.05) is 11.9 Å². The number of carbonyl (C=O) groups is 3. The maximum Gasteiger partial charge on any atom is 0.264 e. The molecule has 0 atom stereocenters. The van der Waals surface area contributed by atoms with Crippen LogP contribution in [0, 0.1) is 0 Å². The first kappa shape index (κ1) is 22.1. The van der Waals surface area contributed by atoms with Gasteiger partial charge in [-0.3, -0.25) is 30.6 Å². The first-order valence-electron chi connectivity index (χ1n) is 8.55. The highest BCUT2D eigenvalue weighted by Crippen LogP contribution is 2.22. The van der Waals surface area contributed by atoms with Gasteiger partial charge in [-0.1, -0.05) is 41.9 Å². The summed E-state index contributed by atoms with van der Waals surface area (Å²) < 4.78 is 5.28. The zero-order valence-corrected chi connectivity index (χ0v) is 16.8. The summed E-state index contributed by atoms with van der Waals surface area (Å²) >= 11 is 10.8. The van der Waals surface area contributed by atoms with Crippen molar-refractivity contribution in [3.05, 3.63) is 59.6 Å². The van der Waals surface area contributed by atoms with E-state index < -0.39 is 11.8 Å². The largest absolute Gasteiger partial charge is 0.482 e. The second-order valence-corrected chi connectivity index (χ2v) is 6.50. The molecule has 2 aromatic rings. The average molecular weight is 435 g/mol. The topological polar surface area (TPSA) is 109 Å². The first-order chi connectivity index (χ1) is 13.9. The van der Waals surface area contributed by atoms with Crippen LogP contribution in [-0.2, 0) is 14.4 Å². The number of anilines is 1. The van der Waals surface area contributed by atoms with Crippen molar-refractivity contribution in [2.45, 2.75) is 12.8 Å². The number of halogens is 1. The molecule has 0 aliphatic carbocycles. The lowest BCUT2D eigenvalue weighted by Gasteiger charge is -2.11. The molecule has 0 bridgehead atoms. The van der Waals surface area contributed by atoms with Crippen molar-refractivity contribution in [3.63, 3.8) is 0 Å². The zero-order chi connectivity index (χ0) is 21.1. The van der Waals surface area contributed by atoms with Crippen molar-refractivity contribution in [2.24, 2.45) is 0 Å². The second kappa shape index (κ2) is 11.6. The number of amides is 3. The molecule has 0 aromatic heterocycles. The number of hydrazine groups is 1. The van der Waals surface area contributed by atoms with Gasteiger partial charge in [0.15, 0.2) is 11.7 Å². The van der Waals surface area contributed by atoms with Crippen LogP contribution in [0.15, 0.2) is 54.6 Å². The van der Waals surface area contributed by atoms with E-state index in [4.69, 9.17) is 28.6 Å². The van der Waals surface area contributed by atoms with E-state index in [1.807, 2.05) is 6.07 Å². The lowest BCUT2D eigenvalue weighted by molar-refractivity contribution is -0.125. The summed E-state index contributed by atoms with van der Waals surface area (Å²) in [5.41, 5.74) is 5.34. The van der Waals surface area contributed by atoms with Gasteiger partial charge in [-0.25, -0.2) is 0 Å². The molecular formula is C19H19ClN4O4S. The SMILES string of the molecule is O=C(CCC(=O)Nc1ccccc1)NNC(=S)NC(=O)COc1ccccc1Cl. The standard InChI is InChI=1S/C19H19ClN4O4S/c20-14-8-4-5-9-15(14)28-12-18(27)22-19(29)24-23-17(26)11-10-16(25)21-13-6-2-1-3-7-13/h1-9H,10-12H2,(H,21,25)(H,23,26)(H2,22,24,27,29).